The Morgan fingerprint density at radius 1 is 1.25 bits per heavy atom. The van der Waals surface area contributed by atoms with Crippen LogP contribution in [0.2, 0.25) is 0 Å². The van der Waals surface area contributed by atoms with E-state index in [1.165, 1.54) is 18.2 Å². The molecule has 5 heteroatoms. The molecule has 0 radical (unpaired) electrons. The maximum absolute atomic E-state index is 13.0. The molecular formula is C15H12BrFO3. The number of hydrogen-bond acceptors (Lipinski definition) is 2. The Labute approximate surface area is 124 Å². The quantitative estimate of drug-likeness (QED) is 0.900. The topological polar surface area (TPSA) is 46.5 Å². The van der Waals surface area contributed by atoms with Gasteiger partial charge in [-0.2, -0.15) is 0 Å². The van der Waals surface area contributed by atoms with Crippen molar-refractivity contribution in [3.63, 3.8) is 0 Å². The third-order valence-electron chi connectivity index (χ3n) is 2.80. The van der Waals surface area contributed by atoms with E-state index in [9.17, 15) is 14.3 Å². The van der Waals surface area contributed by atoms with Gasteiger partial charge in [-0.05, 0) is 39.7 Å². The van der Waals surface area contributed by atoms with Gasteiger partial charge in [0.1, 0.15) is 24.1 Å². The Balaban J connectivity index is 2.12. The van der Waals surface area contributed by atoms with Gasteiger partial charge in [-0.1, -0.05) is 30.3 Å². The van der Waals surface area contributed by atoms with Crippen molar-refractivity contribution in [1.82, 2.24) is 0 Å². The van der Waals surface area contributed by atoms with Gasteiger partial charge in [0.2, 0.25) is 0 Å². The van der Waals surface area contributed by atoms with E-state index in [4.69, 9.17) is 4.74 Å². The molecule has 0 spiro atoms. The Kier molecular flexibility index (Phi) is 4.74. The second-order valence-electron chi connectivity index (χ2n) is 4.19. The van der Waals surface area contributed by atoms with Gasteiger partial charge >= 0.3 is 5.97 Å². The normalized spacial score (nSPS) is 11.9. The number of carbonyl (C=O) groups is 1. The fourth-order valence-corrected chi connectivity index (χ4v) is 2.23. The molecule has 0 aliphatic heterocycles. The van der Waals surface area contributed by atoms with Gasteiger partial charge < -0.3 is 9.84 Å². The first-order valence-corrected chi connectivity index (χ1v) is 6.73. The van der Waals surface area contributed by atoms with E-state index < -0.39 is 11.9 Å². The average molecular weight is 339 g/mol. The number of carboxylic acids is 1. The number of ether oxygens (including phenoxy) is 1. The smallest absolute Gasteiger partial charge is 0.314 e. The summed E-state index contributed by atoms with van der Waals surface area (Å²) in [6.45, 7) is -0.0242. The van der Waals surface area contributed by atoms with Crippen molar-refractivity contribution in [3.8, 4) is 5.75 Å². The van der Waals surface area contributed by atoms with Crippen LogP contribution in [0, 0.1) is 5.82 Å². The predicted octanol–water partition coefficient (Wildman–Crippen LogP) is 3.84. The monoisotopic (exact) mass is 338 g/mol. The summed E-state index contributed by atoms with van der Waals surface area (Å²) in [5.41, 5.74) is 0.665. The molecule has 2 aromatic rings. The highest BCUT2D eigenvalue weighted by molar-refractivity contribution is 9.10. The van der Waals surface area contributed by atoms with Crippen LogP contribution in [0.1, 0.15) is 11.5 Å². The summed E-state index contributed by atoms with van der Waals surface area (Å²) >= 11 is 3.18. The van der Waals surface area contributed by atoms with Gasteiger partial charge in [-0.3, -0.25) is 4.79 Å². The molecule has 1 atom stereocenters. The number of hydrogen-bond donors (Lipinski definition) is 1. The van der Waals surface area contributed by atoms with E-state index in [1.54, 1.807) is 24.3 Å². The Bertz CT molecular complexity index is 601. The fourth-order valence-electron chi connectivity index (χ4n) is 1.76. The zero-order valence-electron chi connectivity index (χ0n) is 10.4. The summed E-state index contributed by atoms with van der Waals surface area (Å²) in [7, 11) is 0. The molecule has 0 saturated carbocycles. The van der Waals surface area contributed by atoms with E-state index in [1.807, 2.05) is 6.07 Å². The Morgan fingerprint density at radius 3 is 2.55 bits per heavy atom. The van der Waals surface area contributed by atoms with Gasteiger partial charge in [-0.25, -0.2) is 4.39 Å². The first-order chi connectivity index (χ1) is 9.58. The zero-order valence-corrected chi connectivity index (χ0v) is 12.0. The first kappa shape index (κ1) is 14.5. The molecule has 0 bridgehead atoms. The molecule has 2 rings (SSSR count). The number of halogens is 2. The Hall–Kier alpha value is -1.88. The summed E-state index contributed by atoms with van der Waals surface area (Å²) in [4.78, 5) is 11.3. The minimum atomic E-state index is -0.963. The number of benzene rings is 2. The minimum absolute atomic E-state index is 0.0242. The maximum Gasteiger partial charge on any atom is 0.314 e. The molecular weight excluding hydrogens is 327 g/mol. The lowest BCUT2D eigenvalue weighted by atomic mass is 10.0. The van der Waals surface area contributed by atoms with Gasteiger partial charge in [0.25, 0.3) is 0 Å². The highest BCUT2D eigenvalue weighted by atomic mass is 79.9. The van der Waals surface area contributed by atoms with Crippen molar-refractivity contribution < 1.29 is 19.0 Å². The van der Waals surface area contributed by atoms with Crippen LogP contribution < -0.4 is 4.74 Å². The van der Waals surface area contributed by atoms with E-state index >= 15 is 0 Å². The SMILES string of the molecule is O=C(O)C(COc1ccc(F)cc1Br)c1ccccc1. The van der Waals surface area contributed by atoms with Crippen LogP contribution in [0.3, 0.4) is 0 Å². The molecule has 20 heavy (non-hydrogen) atoms. The molecule has 2 aromatic carbocycles. The molecule has 0 amide bonds. The van der Waals surface area contributed by atoms with Gasteiger partial charge in [0.15, 0.2) is 0 Å². The van der Waals surface area contributed by atoms with Gasteiger partial charge in [0, 0.05) is 0 Å². The van der Waals surface area contributed by atoms with Crippen LogP contribution in [0.4, 0.5) is 4.39 Å². The third-order valence-corrected chi connectivity index (χ3v) is 3.42. The predicted molar refractivity (Wildman–Crippen MR) is 76.4 cm³/mol. The fraction of sp³-hybridized carbons (Fsp3) is 0.133. The molecule has 0 aromatic heterocycles. The summed E-state index contributed by atoms with van der Waals surface area (Å²) in [6, 6.07) is 12.8. The van der Waals surface area contributed by atoms with E-state index in [-0.39, 0.29) is 12.4 Å². The minimum Gasteiger partial charge on any atom is -0.491 e. The lowest BCUT2D eigenvalue weighted by Crippen LogP contribution is -2.19. The highest BCUT2D eigenvalue weighted by Crippen LogP contribution is 2.27. The van der Waals surface area contributed by atoms with Gasteiger partial charge in [-0.15, -0.1) is 0 Å². The van der Waals surface area contributed by atoms with Crippen molar-refractivity contribution in [2.75, 3.05) is 6.61 Å². The summed E-state index contributed by atoms with van der Waals surface area (Å²) in [5, 5.41) is 9.27. The van der Waals surface area contributed by atoms with Crippen LogP contribution in [-0.2, 0) is 4.79 Å². The second-order valence-corrected chi connectivity index (χ2v) is 5.04. The van der Waals surface area contributed by atoms with Crippen molar-refractivity contribution in [1.29, 1.82) is 0 Å². The number of aliphatic carboxylic acids is 1. The van der Waals surface area contributed by atoms with Crippen LogP contribution in [0.25, 0.3) is 0 Å². The largest absolute Gasteiger partial charge is 0.491 e. The second kappa shape index (κ2) is 6.52. The maximum atomic E-state index is 13.0. The lowest BCUT2D eigenvalue weighted by Gasteiger charge is -2.15. The van der Waals surface area contributed by atoms with Crippen molar-refractivity contribution in [2.45, 2.75) is 5.92 Å². The average Bonchev–Trinajstić information content (AvgIpc) is 2.42. The molecule has 0 heterocycles. The zero-order chi connectivity index (χ0) is 14.5. The molecule has 0 aliphatic rings. The van der Waals surface area contributed by atoms with Crippen LogP contribution in [-0.4, -0.2) is 17.7 Å². The third kappa shape index (κ3) is 3.57. The van der Waals surface area contributed by atoms with Crippen molar-refractivity contribution in [2.24, 2.45) is 0 Å². The van der Waals surface area contributed by atoms with E-state index in [2.05, 4.69) is 15.9 Å². The molecule has 0 saturated heterocycles. The van der Waals surface area contributed by atoms with E-state index in [0.29, 0.717) is 15.8 Å². The standard InChI is InChI=1S/C15H12BrFO3/c16-13-8-11(17)6-7-14(13)20-9-12(15(18)19)10-4-2-1-3-5-10/h1-8,12H,9H2,(H,18,19). The molecule has 0 fully saturated rings. The summed E-state index contributed by atoms with van der Waals surface area (Å²) in [5.74, 6) is -1.71. The molecule has 1 N–H and O–H groups in total. The first-order valence-electron chi connectivity index (χ1n) is 5.93. The highest BCUT2D eigenvalue weighted by Gasteiger charge is 2.20. The van der Waals surface area contributed by atoms with Crippen LogP contribution in [0.15, 0.2) is 53.0 Å². The molecule has 0 aliphatic carbocycles. The number of carboxylic acid groups (broad SMARTS) is 1. The lowest BCUT2D eigenvalue weighted by molar-refractivity contribution is -0.139. The van der Waals surface area contributed by atoms with Crippen LogP contribution >= 0.6 is 15.9 Å². The molecule has 104 valence electrons. The van der Waals surface area contributed by atoms with Crippen LogP contribution in [0.5, 0.6) is 5.75 Å². The Morgan fingerprint density at radius 2 is 1.95 bits per heavy atom. The summed E-state index contributed by atoms with van der Waals surface area (Å²) < 4.78 is 18.9. The van der Waals surface area contributed by atoms with Crippen molar-refractivity contribution >= 4 is 21.9 Å². The molecule has 1 unspecified atom stereocenters. The van der Waals surface area contributed by atoms with E-state index in [0.717, 1.165) is 0 Å². The summed E-state index contributed by atoms with van der Waals surface area (Å²) in [6.07, 6.45) is 0. The van der Waals surface area contributed by atoms with Crippen molar-refractivity contribution in [3.05, 3.63) is 64.4 Å². The molecule has 3 nitrogen and oxygen atoms in total. The van der Waals surface area contributed by atoms with Gasteiger partial charge in [0.05, 0.1) is 4.47 Å². The number of rotatable bonds is 5.